The molecule has 0 unspecified atom stereocenters. The summed E-state index contributed by atoms with van der Waals surface area (Å²) in [7, 11) is 0. The predicted octanol–water partition coefficient (Wildman–Crippen LogP) is 2.72. The van der Waals surface area contributed by atoms with Gasteiger partial charge in [-0.2, -0.15) is 0 Å². The minimum Gasteiger partial charge on any atom is -0.491 e. The largest absolute Gasteiger partial charge is 0.491 e. The van der Waals surface area contributed by atoms with Gasteiger partial charge in [0.15, 0.2) is 0 Å². The Morgan fingerprint density at radius 3 is 2.63 bits per heavy atom. The molecule has 148 valence electrons. The molecule has 1 N–H and O–H groups in total. The topological polar surface area (TPSA) is 48.0 Å². The van der Waals surface area contributed by atoms with Gasteiger partial charge in [0.25, 0.3) is 0 Å². The van der Waals surface area contributed by atoms with Crippen molar-refractivity contribution >= 4 is 11.7 Å². The molecule has 0 radical (unpaired) electrons. The van der Waals surface area contributed by atoms with E-state index in [9.17, 15) is 4.79 Å². The number of ether oxygens (including phenoxy) is 1. The van der Waals surface area contributed by atoms with Crippen LogP contribution in [0.25, 0.3) is 0 Å². The first-order valence-corrected chi connectivity index (χ1v) is 10.5. The van der Waals surface area contributed by atoms with Crippen molar-refractivity contribution in [2.45, 2.75) is 32.2 Å². The Kier molecular flexibility index (Phi) is 5.83. The van der Waals surface area contributed by atoms with E-state index in [-0.39, 0.29) is 6.03 Å². The van der Waals surface area contributed by atoms with Gasteiger partial charge in [0.05, 0.1) is 12.3 Å². The Bertz CT molecular complexity index is 641. The van der Waals surface area contributed by atoms with Gasteiger partial charge in [-0.3, -0.25) is 4.90 Å². The molecule has 27 heavy (non-hydrogen) atoms. The van der Waals surface area contributed by atoms with Crippen molar-refractivity contribution in [2.24, 2.45) is 5.92 Å². The van der Waals surface area contributed by atoms with E-state index in [2.05, 4.69) is 22.0 Å². The molecule has 2 aliphatic heterocycles. The minimum absolute atomic E-state index is 0.00725. The van der Waals surface area contributed by atoms with Gasteiger partial charge in [-0.15, -0.1) is 0 Å². The fraction of sp³-hybridized carbons (Fsp3) is 0.667. The zero-order chi connectivity index (χ0) is 18.6. The van der Waals surface area contributed by atoms with Crippen LogP contribution in [0.4, 0.5) is 10.5 Å². The summed E-state index contributed by atoms with van der Waals surface area (Å²) in [5.41, 5.74) is 0.781. The monoisotopic (exact) mass is 372 g/mol. The molecule has 2 heterocycles. The van der Waals surface area contributed by atoms with Gasteiger partial charge in [-0.1, -0.05) is 19.1 Å². The maximum Gasteiger partial charge on any atom is 0.322 e. The van der Waals surface area contributed by atoms with Crippen molar-refractivity contribution in [3.63, 3.8) is 0 Å². The number of likely N-dealkylation sites (N-methyl/N-ethyl adjacent to an activating group) is 1. The molecule has 2 amide bonds. The lowest BCUT2D eigenvalue weighted by atomic mass is 10.2. The summed E-state index contributed by atoms with van der Waals surface area (Å²) in [6.07, 6.45) is 3.59. The van der Waals surface area contributed by atoms with E-state index >= 15 is 0 Å². The van der Waals surface area contributed by atoms with Crippen LogP contribution in [0.3, 0.4) is 0 Å². The van der Waals surface area contributed by atoms with E-state index in [0.717, 1.165) is 70.3 Å². The standard InChI is InChI=1S/C21H32N4O2/c1-2-23-11-13-24(14-12-23)18-9-10-25(15-18)21(26)22-19-5-3-4-6-20(19)27-16-17-7-8-17/h3-6,17-18H,2,7-16H2,1H3,(H,22,26)/t18-/m0/s1. The highest BCUT2D eigenvalue weighted by Gasteiger charge is 2.32. The number of hydrogen-bond donors (Lipinski definition) is 1. The first-order chi connectivity index (χ1) is 13.2. The molecule has 4 rings (SSSR count). The van der Waals surface area contributed by atoms with Gasteiger partial charge >= 0.3 is 6.03 Å². The summed E-state index contributed by atoms with van der Waals surface area (Å²) >= 11 is 0. The van der Waals surface area contributed by atoms with E-state index in [1.54, 1.807) is 0 Å². The second kappa shape index (κ2) is 8.48. The maximum absolute atomic E-state index is 12.8. The van der Waals surface area contributed by atoms with E-state index in [0.29, 0.717) is 12.0 Å². The van der Waals surface area contributed by atoms with Crippen LogP contribution in [0.15, 0.2) is 24.3 Å². The molecule has 1 saturated carbocycles. The fourth-order valence-corrected chi connectivity index (χ4v) is 4.05. The van der Waals surface area contributed by atoms with Crippen molar-refractivity contribution in [2.75, 3.05) is 57.7 Å². The van der Waals surface area contributed by atoms with Crippen LogP contribution < -0.4 is 10.1 Å². The number of para-hydroxylation sites is 2. The zero-order valence-electron chi connectivity index (χ0n) is 16.4. The number of urea groups is 1. The molecule has 0 bridgehead atoms. The molecule has 1 aliphatic carbocycles. The zero-order valence-corrected chi connectivity index (χ0v) is 16.4. The summed E-state index contributed by atoms with van der Waals surface area (Å²) in [4.78, 5) is 19.8. The van der Waals surface area contributed by atoms with Crippen LogP contribution in [-0.4, -0.2) is 79.2 Å². The third-order valence-electron chi connectivity index (χ3n) is 6.12. The van der Waals surface area contributed by atoms with Gasteiger partial charge in [0.1, 0.15) is 5.75 Å². The number of benzene rings is 1. The SMILES string of the molecule is CCN1CCN([C@H]2CCN(C(=O)Nc3ccccc3OCC3CC3)C2)CC1. The second-order valence-corrected chi connectivity index (χ2v) is 8.04. The Balaban J connectivity index is 1.29. The first kappa shape index (κ1) is 18.6. The number of carbonyl (C=O) groups excluding carboxylic acids is 1. The normalized spacial score (nSPS) is 24.2. The molecule has 6 nitrogen and oxygen atoms in total. The number of anilines is 1. The highest BCUT2D eigenvalue weighted by molar-refractivity contribution is 5.91. The third-order valence-corrected chi connectivity index (χ3v) is 6.12. The Morgan fingerprint density at radius 2 is 1.89 bits per heavy atom. The quantitative estimate of drug-likeness (QED) is 0.834. The molecule has 0 aromatic heterocycles. The molecule has 0 spiro atoms. The summed E-state index contributed by atoms with van der Waals surface area (Å²) in [5, 5.41) is 3.07. The Labute approximate surface area is 162 Å². The lowest BCUT2D eigenvalue weighted by molar-refractivity contribution is 0.103. The molecule has 2 saturated heterocycles. The highest BCUT2D eigenvalue weighted by Crippen LogP contribution is 2.32. The minimum atomic E-state index is -0.00725. The Hall–Kier alpha value is -1.79. The molecular formula is C21H32N4O2. The molecule has 1 atom stereocenters. The number of likely N-dealkylation sites (tertiary alicyclic amines) is 1. The molecule has 1 aromatic rings. The number of rotatable bonds is 6. The van der Waals surface area contributed by atoms with E-state index < -0.39 is 0 Å². The molecule has 1 aromatic carbocycles. The lowest BCUT2D eigenvalue weighted by Gasteiger charge is -2.37. The fourth-order valence-electron chi connectivity index (χ4n) is 4.05. The van der Waals surface area contributed by atoms with Gasteiger partial charge in [0.2, 0.25) is 0 Å². The van der Waals surface area contributed by atoms with Gasteiger partial charge < -0.3 is 19.9 Å². The van der Waals surface area contributed by atoms with Crippen molar-refractivity contribution in [1.82, 2.24) is 14.7 Å². The summed E-state index contributed by atoms with van der Waals surface area (Å²) < 4.78 is 5.92. The number of nitrogens with one attached hydrogen (secondary N) is 1. The molecular weight excluding hydrogens is 340 g/mol. The second-order valence-electron chi connectivity index (χ2n) is 8.04. The van der Waals surface area contributed by atoms with Crippen molar-refractivity contribution in [3.05, 3.63) is 24.3 Å². The number of hydrogen-bond acceptors (Lipinski definition) is 4. The summed E-state index contributed by atoms with van der Waals surface area (Å²) in [6.45, 7) is 10.3. The average molecular weight is 373 g/mol. The number of amides is 2. The summed E-state index contributed by atoms with van der Waals surface area (Å²) in [5.74, 6) is 1.48. The van der Waals surface area contributed by atoms with Gasteiger partial charge in [-0.25, -0.2) is 4.79 Å². The van der Waals surface area contributed by atoms with Crippen LogP contribution in [0, 0.1) is 5.92 Å². The Morgan fingerprint density at radius 1 is 1.11 bits per heavy atom. The third kappa shape index (κ3) is 4.74. The van der Waals surface area contributed by atoms with Crippen molar-refractivity contribution < 1.29 is 9.53 Å². The number of nitrogens with zero attached hydrogens (tertiary/aromatic N) is 3. The smallest absolute Gasteiger partial charge is 0.322 e. The van der Waals surface area contributed by atoms with E-state index in [4.69, 9.17) is 4.74 Å². The van der Waals surface area contributed by atoms with Crippen LogP contribution in [0.2, 0.25) is 0 Å². The first-order valence-electron chi connectivity index (χ1n) is 10.5. The van der Waals surface area contributed by atoms with Crippen LogP contribution >= 0.6 is 0 Å². The van der Waals surface area contributed by atoms with Crippen LogP contribution in [0.1, 0.15) is 26.2 Å². The van der Waals surface area contributed by atoms with Gasteiger partial charge in [0, 0.05) is 45.3 Å². The van der Waals surface area contributed by atoms with Gasteiger partial charge in [-0.05, 0) is 43.9 Å². The number of carbonyl (C=O) groups is 1. The summed E-state index contributed by atoms with van der Waals surface area (Å²) in [6, 6.07) is 8.26. The average Bonchev–Trinajstić information content (AvgIpc) is 3.40. The predicted molar refractivity (Wildman–Crippen MR) is 107 cm³/mol. The maximum atomic E-state index is 12.8. The van der Waals surface area contributed by atoms with E-state index in [1.807, 2.05) is 29.2 Å². The van der Waals surface area contributed by atoms with Crippen molar-refractivity contribution in [1.29, 1.82) is 0 Å². The van der Waals surface area contributed by atoms with Crippen molar-refractivity contribution in [3.8, 4) is 5.75 Å². The molecule has 6 heteroatoms. The lowest BCUT2D eigenvalue weighted by Crippen LogP contribution is -2.51. The molecule has 3 fully saturated rings. The molecule has 3 aliphatic rings. The highest BCUT2D eigenvalue weighted by atomic mass is 16.5. The number of piperazine rings is 1. The van der Waals surface area contributed by atoms with E-state index in [1.165, 1.54) is 12.8 Å². The van der Waals surface area contributed by atoms with Crippen LogP contribution in [0.5, 0.6) is 5.75 Å². The van der Waals surface area contributed by atoms with Crippen LogP contribution in [-0.2, 0) is 0 Å².